The summed E-state index contributed by atoms with van der Waals surface area (Å²) in [5.74, 6) is 1.37. The first-order valence-electron chi connectivity index (χ1n) is 22.7. The highest BCUT2D eigenvalue weighted by Gasteiger charge is 2.19. The second-order valence-corrected chi connectivity index (χ2v) is 16.7. The molecule has 0 aliphatic carbocycles. The molecule has 8 nitrogen and oxygen atoms in total. The molecule has 0 amide bonds. The van der Waals surface area contributed by atoms with Gasteiger partial charge in [0.25, 0.3) is 0 Å². The number of phenols is 3. The minimum Gasteiger partial charge on any atom is -0.508 e. The van der Waals surface area contributed by atoms with Gasteiger partial charge in [-0.1, -0.05) is 113 Å². The molecular weight excluding hydrogens is 793 g/mol. The number of phenolic OH excluding ortho intramolecular Hbond substituents is 3. The Morgan fingerprint density at radius 3 is 1.00 bits per heavy atom. The third-order valence-corrected chi connectivity index (χ3v) is 12.1. The Labute approximate surface area is 374 Å². The van der Waals surface area contributed by atoms with Gasteiger partial charge in [-0.3, -0.25) is 0 Å². The molecule has 4 aromatic carbocycles. The molecule has 0 radical (unpaired) electrons. The normalized spacial score (nSPS) is 12.0. The summed E-state index contributed by atoms with van der Waals surface area (Å²) in [6, 6.07) is 38.1. The second-order valence-electron chi connectivity index (χ2n) is 16.7. The summed E-state index contributed by atoms with van der Waals surface area (Å²) in [6.45, 7) is 2.96. The van der Waals surface area contributed by atoms with Crippen LogP contribution in [0.3, 0.4) is 0 Å². The molecule has 2 aliphatic heterocycles. The van der Waals surface area contributed by atoms with E-state index in [1.54, 1.807) is 36.4 Å². The maximum absolute atomic E-state index is 10.3. The van der Waals surface area contributed by atoms with Gasteiger partial charge in [-0.15, -0.1) is 0 Å². The predicted octanol–water partition coefficient (Wildman–Crippen LogP) is 14.7. The van der Waals surface area contributed by atoms with Crippen molar-refractivity contribution < 1.29 is 20.1 Å². The topological polar surface area (TPSA) is 127 Å². The van der Waals surface area contributed by atoms with Gasteiger partial charge in [-0.05, 0) is 126 Å². The van der Waals surface area contributed by atoms with Crippen LogP contribution in [0.4, 0.5) is 0 Å². The molecule has 7 aromatic rings. The van der Waals surface area contributed by atoms with Gasteiger partial charge in [0, 0.05) is 44.3 Å². The first-order chi connectivity index (χ1) is 31.4. The minimum atomic E-state index is 0.174. The standard InChI is InChI=1S/C56H54N4O4/c1-2-3-4-5-6-7-8-9-10-11-36-64-44-26-18-40(19-27-44)56-51-34-32-49(59-51)54(38-14-22-42(62)23-15-38)47-30-28-45(57-47)53(37-12-20-41(61)21-13-37)46-29-31-48(58-46)55(50-33-35-52(56)60-50)39-16-24-43(63)25-17-39/h12-35,57,60-63H,2-11,36H2,1H3. The molecule has 322 valence electrons. The van der Waals surface area contributed by atoms with E-state index in [-0.39, 0.29) is 17.2 Å². The van der Waals surface area contributed by atoms with Crippen LogP contribution in [-0.4, -0.2) is 41.9 Å². The van der Waals surface area contributed by atoms with E-state index >= 15 is 0 Å². The average molecular weight is 847 g/mol. The molecule has 0 saturated carbocycles. The van der Waals surface area contributed by atoms with Gasteiger partial charge in [-0.2, -0.15) is 0 Å². The lowest BCUT2D eigenvalue weighted by Crippen LogP contribution is -1.97. The fourth-order valence-corrected chi connectivity index (χ4v) is 8.80. The number of hydrogen-bond donors (Lipinski definition) is 5. The molecule has 8 bridgehead atoms. The quantitative estimate of drug-likeness (QED) is 0.0616. The molecule has 0 unspecified atom stereocenters. The number of aromatic hydroxyl groups is 3. The molecule has 3 aromatic heterocycles. The third kappa shape index (κ3) is 9.37. The van der Waals surface area contributed by atoms with Gasteiger partial charge in [-0.25, -0.2) is 9.97 Å². The Kier molecular flexibility index (Phi) is 12.7. The number of unbranched alkanes of at least 4 members (excludes halogenated alkanes) is 9. The largest absolute Gasteiger partial charge is 0.508 e. The number of aromatic amines is 2. The van der Waals surface area contributed by atoms with Crippen LogP contribution in [0.15, 0.2) is 121 Å². The van der Waals surface area contributed by atoms with Gasteiger partial charge in [0.05, 0.1) is 29.4 Å². The number of H-pyrrole nitrogens is 2. The number of nitrogens with zero attached hydrogens (tertiary/aromatic N) is 2. The first kappa shape index (κ1) is 42.0. The minimum absolute atomic E-state index is 0.174. The van der Waals surface area contributed by atoms with Crippen LogP contribution >= 0.6 is 0 Å². The Balaban J connectivity index is 1.18. The summed E-state index contributed by atoms with van der Waals surface area (Å²) in [5, 5.41) is 30.9. The van der Waals surface area contributed by atoms with E-state index in [2.05, 4.69) is 53.3 Å². The highest BCUT2D eigenvalue weighted by molar-refractivity contribution is 5.99. The zero-order valence-corrected chi connectivity index (χ0v) is 36.3. The van der Waals surface area contributed by atoms with E-state index in [0.29, 0.717) is 6.61 Å². The van der Waals surface area contributed by atoms with E-state index in [4.69, 9.17) is 14.7 Å². The number of hydrogen-bond acceptors (Lipinski definition) is 6. The molecule has 0 spiro atoms. The van der Waals surface area contributed by atoms with Crippen molar-refractivity contribution in [2.24, 2.45) is 0 Å². The van der Waals surface area contributed by atoms with Crippen LogP contribution in [0.1, 0.15) is 93.9 Å². The number of fused-ring (bicyclic) bond motifs is 8. The molecule has 0 saturated heterocycles. The van der Waals surface area contributed by atoms with E-state index in [1.807, 2.05) is 72.8 Å². The molecule has 64 heavy (non-hydrogen) atoms. The molecule has 0 fully saturated rings. The number of rotatable bonds is 16. The van der Waals surface area contributed by atoms with Crippen molar-refractivity contribution in [3.63, 3.8) is 0 Å². The molecule has 9 rings (SSSR count). The Hall–Kier alpha value is -7.32. The average Bonchev–Trinajstić information content (AvgIpc) is 4.16. The van der Waals surface area contributed by atoms with Crippen molar-refractivity contribution in [1.82, 2.24) is 19.9 Å². The van der Waals surface area contributed by atoms with Crippen LogP contribution in [-0.2, 0) is 0 Å². The lowest BCUT2D eigenvalue weighted by molar-refractivity contribution is 0.304. The fraction of sp³-hybridized carbons (Fsp3) is 0.214. The van der Waals surface area contributed by atoms with E-state index in [0.717, 1.165) is 102 Å². The van der Waals surface area contributed by atoms with Crippen LogP contribution < -0.4 is 4.74 Å². The first-order valence-corrected chi connectivity index (χ1v) is 22.7. The second kappa shape index (κ2) is 19.4. The highest BCUT2D eigenvalue weighted by Crippen LogP contribution is 2.39. The Morgan fingerprint density at radius 1 is 0.375 bits per heavy atom. The van der Waals surface area contributed by atoms with Crippen molar-refractivity contribution in [1.29, 1.82) is 0 Å². The van der Waals surface area contributed by atoms with Crippen molar-refractivity contribution in [3.8, 4) is 67.5 Å². The van der Waals surface area contributed by atoms with Crippen LogP contribution in [0, 0.1) is 0 Å². The van der Waals surface area contributed by atoms with Gasteiger partial charge >= 0.3 is 0 Å². The van der Waals surface area contributed by atoms with E-state index in [9.17, 15) is 15.3 Å². The smallest absolute Gasteiger partial charge is 0.119 e. The van der Waals surface area contributed by atoms with E-state index in [1.165, 1.54) is 57.8 Å². The monoisotopic (exact) mass is 846 g/mol. The van der Waals surface area contributed by atoms with Gasteiger partial charge in [0.15, 0.2) is 0 Å². The summed E-state index contributed by atoms with van der Waals surface area (Å²) in [7, 11) is 0. The SMILES string of the molecule is CCCCCCCCCCCCOc1ccc(-c2c3nc(c(-c4ccc(O)cc4)c4ccc([nH]4)c(-c4ccc(O)cc4)c4nc(c(-c5ccc(O)cc5)c5ccc2[nH]5)C=C4)C=C3)cc1. The number of aromatic nitrogens is 4. The summed E-state index contributed by atoms with van der Waals surface area (Å²) < 4.78 is 6.25. The number of benzene rings is 4. The summed E-state index contributed by atoms with van der Waals surface area (Å²) in [4.78, 5) is 18.2. The Bertz CT molecular complexity index is 2920. The number of nitrogens with one attached hydrogen (secondary N) is 2. The maximum atomic E-state index is 10.3. The molecule has 8 heteroatoms. The molecule has 0 atom stereocenters. The van der Waals surface area contributed by atoms with E-state index < -0.39 is 0 Å². The highest BCUT2D eigenvalue weighted by atomic mass is 16.5. The van der Waals surface area contributed by atoms with Crippen molar-refractivity contribution in [2.45, 2.75) is 71.1 Å². The molecule has 5 N–H and O–H groups in total. The van der Waals surface area contributed by atoms with Gasteiger partial charge in [0.1, 0.15) is 23.0 Å². The van der Waals surface area contributed by atoms with Crippen molar-refractivity contribution >= 4 is 46.4 Å². The molecule has 5 heterocycles. The van der Waals surface area contributed by atoms with Gasteiger partial charge < -0.3 is 30.0 Å². The predicted molar refractivity (Wildman–Crippen MR) is 263 cm³/mol. The van der Waals surface area contributed by atoms with Crippen LogP contribution in [0.25, 0.3) is 90.9 Å². The zero-order chi connectivity index (χ0) is 43.8. The molecule has 2 aliphatic rings. The molecular formula is C56H54N4O4. The third-order valence-electron chi connectivity index (χ3n) is 12.1. The summed E-state index contributed by atoms with van der Waals surface area (Å²) >= 11 is 0. The van der Waals surface area contributed by atoms with Crippen LogP contribution in [0.5, 0.6) is 23.0 Å². The summed E-state index contributed by atoms with van der Waals surface area (Å²) in [5.41, 5.74) is 13.6. The lowest BCUT2D eigenvalue weighted by atomic mass is 10.0. The lowest BCUT2D eigenvalue weighted by Gasteiger charge is -2.09. The number of ether oxygens (including phenoxy) is 1. The van der Waals surface area contributed by atoms with Crippen molar-refractivity contribution in [3.05, 3.63) is 144 Å². The van der Waals surface area contributed by atoms with Crippen molar-refractivity contribution in [2.75, 3.05) is 6.61 Å². The Morgan fingerprint density at radius 2 is 0.672 bits per heavy atom. The van der Waals surface area contributed by atoms with Gasteiger partial charge in [0.2, 0.25) is 0 Å². The zero-order valence-electron chi connectivity index (χ0n) is 36.3. The maximum Gasteiger partial charge on any atom is 0.119 e. The van der Waals surface area contributed by atoms with Crippen LogP contribution in [0.2, 0.25) is 0 Å². The fourth-order valence-electron chi connectivity index (χ4n) is 8.80. The summed E-state index contributed by atoms with van der Waals surface area (Å²) in [6.07, 6.45) is 21.0.